The lowest BCUT2D eigenvalue weighted by molar-refractivity contribution is 0.446. The van der Waals surface area contributed by atoms with E-state index in [1.807, 2.05) is 6.07 Å². The molecule has 10 aromatic carbocycles. The molecule has 4 heterocycles. The summed E-state index contributed by atoms with van der Waals surface area (Å²) in [6.07, 6.45) is 0. The van der Waals surface area contributed by atoms with E-state index in [9.17, 15) is 5.11 Å². The third-order valence-corrected chi connectivity index (χ3v) is 17.6. The van der Waals surface area contributed by atoms with Crippen LogP contribution >= 0.6 is 0 Å². The molecule has 86 heavy (non-hydrogen) atoms. The number of benzene rings is 10. The topological polar surface area (TPSA) is 74.3 Å². The second kappa shape index (κ2) is 19.8. The van der Waals surface area contributed by atoms with E-state index >= 15 is 0 Å². The van der Waals surface area contributed by atoms with E-state index in [2.05, 4.69) is 292 Å². The number of ether oxygens (including phenoxy) is 2. The number of phenols is 1. The minimum atomic E-state index is -0.369. The van der Waals surface area contributed by atoms with E-state index in [1.165, 1.54) is 11.1 Å². The van der Waals surface area contributed by atoms with Crippen LogP contribution in [-0.4, -0.2) is 30.9 Å². The molecule has 2 aromatic heterocycles. The summed E-state index contributed by atoms with van der Waals surface area (Å²) >= 11 is 0. The average Bonchev–Trinajstić information content (AvgIpc) is 1.36. The number of phenolic OH excluding ortho intramolecular Hbond substituents is 1. The first-order valence-corrected chi connectivity index (χ1v) is 30.1. The molecule has 0 unspecified atom stereocenters. The second-order valence-corrected chi connectivity index (χ2v) is 27.6. The van der Waals surface area contributed by atoms with Gasteiger partial charge in [0.05, 0.1) is 33.5 Å². The van der Waals surface area contributed by atoms with Gasteiger partial charge >= 0.3 is 0 Å². The number of nitrogens with zero attached hydrogens (tertiary/aromatic N) is 4. The lowest BCUT2D eigenvalue weighted by Gasteiger charge is -2.33. The van der Waals surface area contributed by atoms with Gasteiger partial charge in [-0.15, -0.1) is 0 Å². The summed E-state index contributed by atoms with van der Waals surface area (Å²) in [5.74, 6) is 4.74. The predicted octanol–water partition coefficient (Wildman–Crippen LogP) is 18.3. The van der Waals surface area contributed by atoms with Gasteiger partial charge in [0.15, 0.2) is 5.75 Å². The molecule has 8 heteroatoms. The Morgan fingerprint density at radius 3 is 1.51 bits per heavy atom. The van der Waals surface area contributed by atoms with E-state index < -0.39 is 0 Å². The summed E-state index contributed by atoms with van der Waals surface area (Å²) in [6.45, 7) is 26.7. The molecule has 0 saturated carbocycles. The van der Waals surface area contributed by atoms with Crippen molar-refractivity contribution in [3.63, 3.8) is 0 Å². The van der Waals surface area contributed by atoms with E-state index in [0.29, 0.717) is 11.4 Å². The van der Waals surface area contributed by atoms with Crippen LogP contribution in [-0.2, 0) is 21.7 Å². The lowest BCUT2D eigenvalue weighted by Crippen LogP contribution is -2.57. The van der Waals surface area contributed by atoms with E-state index in [1.54, 1.807) is 0 Å². The number of hydrogen-bond donors (Lipinski definition) is 1. The minimum absolute atomic E-state index is 0.114. The number of rotatable bonds is 7. The van der Waals surface area contributed by atoms with Crippen LogP contribution < -0.4 is 25.9 Å². The summed E-state index contributed by atoms with van der Waals surface area (Å²) < 4.78 is 18.8. The highest BCUT2D eigenvalue weighted by molar-refractivity contribution is 6.98. The number of aromatic hydroxyl groups is 1. The maximum atomic E-state index is 12.8. The molecule has 0 spiro atoms. The van der Waals surface area contributed by atoms with Crippen molar-refractivity contribution in [1.82, 2.24) is 19.1 Å². The fourth-order valence-corrected chi connectivity index (χ4v) is 12.9. The SMILES string of the molecule is CC(C)(C)c1ccc(-n2c(-c3cc(C(C)(C)C)cc(C(C)(C)C)c3O)nc3c(-c4cccc(-c5nc6cc7c8c(c6n5-c5ccc(C(C)(C)C)cc5-c5ccccc5)Oc5ccccc5B8c5ccccc5O7)c4)cccc32)c(-c2ccccc2)c1. The Hall–Kier alpha value is -9.40. The van der Waals surface area contributed by atoms with Crippen molar-refractivity contribution in [3.05, 3.63) is 229 Å². The Balaban J connectivity index is 1.05. The summed E-state index contributed by atoms with van der Waals surface area (Å²) in [5, 5.41) is 12.8. The summed E-state index contributed by atoms with van der Waals surface area (Å²) in [4.78, 5) is 11.5. The van der Waals surface area contributed by atoms with Crippen LogP contribution in [0.5, 0.6) is 28.7 Å². The molecule has 2 aliphatic heterocycles. The molecule has 0 atom stereocenters. The van der Waals surface area contributed by atoms with Crippen molar-refractivity contribution in [1.29, 1.82) is 0 Å². The van der Waals surface area contributed by atoms with Gasteiger partial charge in [-0.3, -0.25) is 9.13 Å². The normalized spacial score (nSPS) is 13.1. The molecule has 0 bridgehead atoms. The largest absolute Gasteiger partial charge is 0.507 e. The quantitative estimate of drug-likeness (QED) is 0.161. The van der Waals surface area contributed by atoms with Gasteiger partial charge in [-0.1, -0.05) is 229 Å². The van der Waals surface area contributed by atoms with Crippen molar-refractivity contribution < 1.29 is 14.6 Å². The van der Waals surface area contributed by atoms with Crippen LogP contribution in [0.1, 0.15) is 105 Å². The first-order valence-electron chi connectivity index (χ1n) is 30.1. The third-order valence-electron chi connectivity index (χ3n) is 17.6. The van der Waals surface area contributed by atoms with Crippen LogP contribution in [0.4, 0.5) is 0 Å². The smallest absolute Gasteiger partial charge is 0.260 e. The van der Waals surface area contributed by atoms with E-state index in [4.69, 9.17) is 19.4 Å². The lowest BCUT2D eigenvalue weighted by atomic mass is 9.35. The molecule has 7 nitrogen and oxygen atoms in total. The van der Waals surface area contributed by atoms with E-state index in [0.717, 1.165) is 129 Å². The number of imidazole rings is 2. The molecule has 2 aliphatic rings. The van der Waals surface area contributed by atoms with Crippen LogP contribution in [0.15, 0.2) is 206 Å². The fourth-order valence-electron chi connectivity index (χ4n) is 12.9. The number of hydrogen-bond acceptors (Lipinski definition) is 5. The zero-order valence-electron chi connectivity index (χ0n) is 51.3. The Morgan fingerprint density at radius 1 is 0.395 bits per heavy atom. The second-order valence-electron chi connectivity index (χ2n) is 27.6. The molecule has 14 rings (SSSR count). The molecule has 0 radical (unpaired) electrons. The Bertz CT molecular complexity index is 4690. The number of aromatic nitrogens is 4. The highest BCUT2D eigenvalue weighted by Crippen LogP contribution is 2.48. The zero-order valence-corrected chi connectivity index (χ0v) is 51.3. The van der Waals surface area contributed by atoms with Crippen molar-refractivity contribution in [2.75, 3.05) is 0 Å². The van der Waals surface area contributed by atoms with Gasteiger partial charge in [0.2, 0.25) is 0 Å². The summed E-state index contributed by atoms with van der Waals surface area (Å²) in [7, 11) is 0. The molecule has 12 aromatic rings. The van der Waals surface area contributed by atoms with Gasteiger partial charge in [0.1, 0.15) is 40.2 Å². The zero-order chi connectivity index (χ0) is 59.8. The van der Waals surface area contributed by atoms with E-state index in [-0.39, 0.29) is 34.1 Å². The number of para-hydroxylation sites is 3. The van der Waals surface area contributed by atoms with Crippen LogP contribution in [0, 0.1) is 0 Å². The first kappa shape index (κ1) is 54.5. The Morgan fingerprint density at radius 2 is 0.919 bits per heavy atom. The van der Waals surface area contributed by atoms with Crippen molar-refractivity contribution in [2.24, 2.45) is 0 Å². The van der Waals surface area contributed by atoms with Gasteiger partial charge < -0.3 is 14.6 Å². The Kier molecular flexibility index (Phi) is 12.6. The highest BCUT2D eigenvalue weighted by atomic mass is 16.5. The highest BCUT2D eigenvalue weighted by Gasteiger charge is 2.42. The van der Waals surface area contributed by atoms with Gasteiger partial charge in [-0.2, -0.15) is 0 Å². The molecule has 424 valence electrons. The van der Waals surface area contributed by atoms with Crippen LogP contribution in [0.3, 0.4) is 0 Å². The van der Waals surface area contributed by atoms with Crippen molar-refractivity contribution in [3.8, 4) is 96.3 Å². The Labute approximate surface area is 505 Å². The molecular formula is C78H71BN4O3. The number of fused-ring (bicyclic) bond motifs is 7. The molecule has 0 saturated heterocycles. The van der Waals surface area contributed by atoms with Gasteiger partial charge in [0.25, 0.3) is 6.71 Å². The van der Waals surface area contributed by atoms with Crippen LogP contribution in [0.2, 0.25) is 0 Å². The van der Waals surface area contributed by atoms with Crippen molar-refractivity contribution in [2.45, 2.75) is 105 Å². The maximum absolute atomic E-state index is 12.8. The monoisotopic (exact) mass is 1120 g/mol. The van der Waals surface area contributed by atoms with Gasteiger partial charge in [-0.25, -0.2) is 9.97 Å². The fraction of sp³-hybridized carbons (Fsp3) is 0.205. The molecule has 1 N–H and O–H groups in total. The van der Waals surface area contributed by atoms with Gasteiger partial charge in [0, 0.05) is 39.3 Å². The molecule has 0 amide bonds. The standard InChI is InChI=1S/C78H71BN4O3/c1-75(2,3)51-37-39-62(55(42-51)47-25-15-13-16-26-47)82-64-34-24-31-54(69(64)81-74(82)57-44-53(77(7,8)9)45-58(71(57)84)78(10,11)12)49-29-23-30-50(41-49)73-80-61-46-67-68-72(86-66-36-22-20-33-60(66)79(68)59-32-19-21-35-65(59)85-67)70(61)83(73)63-40-38-52(76(4,5)6)43-56(63)48-27-17-14-18-28-48/h13-46,84H,1-12H3. The molecule has 0 aliphatic carbocycles. The van der Waals surface area contributed by atoms with Gasteiger partial charge in [-0.05, 0) is 121 Å². The molecule has 0 fully saturated rings. The first-order chi connectivity index (χ1) is 41.1. The predicted molar refractivity (Wildman–Crippen MR) is 357 cm³/mol. The summed E-state index contributed by atoms with van der Waals surface area (Å²) in [6, 6.07) is 73.5. The van der Waals surface area contributed by atoms with Crippen molar-refractivity contribution >= 4 is 45.2 Å². The molecular weight excluding hydrogens is 1050 g/mol. The average molecular weight is 1120 g/mol. The summed E-state index contributed by atoms with van der Waals surface area (Å²) in [5.41, 5.74) is 19.9. The van der Waals surface area contributed by atoms with Crippen LogP contribution in [0.25, 0.3) is 89.6 Å². The minimum Gasteiger partial charge on any atom is -0.507 e. The maximum Gasteiger partial charge on any atom is 0.260 e. The third kappa shape index (κ3) is 9.11.